The molecule has 0 fully saturated rings. The van der Waals surface area contributed by atoms with Gasteiger partial charge in [0, 0.05) is 29.6 Å². The zero-order valence-corrected chi connectivity index (χ0v) is 18.7. The summed E-state index contributed by atoms with van der Waals surface area (Å²) in [6.45, 7) is 0.279. The molecule has 0 bridgehead atoms. The molecule has 1 aliphatic heterocycles. The van der Waals surface area contributed by atoms with Gasteiger partial charge in [0.15, 0.2) is 5.60 Å². The molecule has 35 heavy (non-hydrogen) atoms. The van der Waals surface area contributed by atoms with Gasteiger partial charge in [-0.25, -0.2) is 0 Å². The normalized spacial score (nSPS) is 17.1. The van der Waals surface area contributed by atoms with Gasteiger partial charge in [-0.1, -0.05) is 72.8 Å². The largest absolute Gasteiger partial charge is 0.507 e. The molecule has 1 aromatic heterocycles. The number of benzene rings is 4. The molecule has 6 nitrogen and oxygen atoms in total. The van der Waals surface area contributed by atoms with Crippen molar-refractivity contribution in [1.82, 2.24) is 9.97 Å². The summed E-state index contributed by atoms with van der Waals surface area (Å²) in [6, 6.07) is 28.2. The van der Waals surface area contributed by atoms with Crippen molar-refractivity contribution in [2.24, 2.45) is 0 Å². The second kappa shape index (κ2) is 8.04. The Hall–Kier alpha value is -4.55. The van der Waals surface area contributed by atoms with Gasteiger partial charge in [-0.15, -0.1) is 0 Å². The van der Waals surface area contributed by atoms with Crippen LogP contribution in [0.4, 0.5) is 5.69 Å². The minimum atomic E-state index is -2.05. The molecule has 0 radical (unpaired) electrons. The van der Waals surface area contributed by atoms with Crippen molar-refractivity contribution >= 4 is 22.6 Å². The first-order chi connectivity index (χ1) is 17.1. The van der Waals surface area contributed by atoms with E-state index in [9.17, 15) is 15.0 Å². The van der Waals surface area contributed by atoms with Crippen molar-refractivity contribution in [2.45, 2.75) is 12.1 Å². The molecule has 2 N–H and O–H groups in total. The quantitative estimate of drug-likeness (QED) is 0.404. The van der Waals surface area contributed by atoms with Crippen LogP contribution in [0.3, 0.4) is 0 Å². The first-order valence-corrected chi connectivity index (χ1v) is 11.3. The Morgan fingerprint density at radius 3 is 2.11 bits per heavy atom. The summed E-state index contributed by atoms with van der Waals surface area (Å²) < 4.78 is 0. The number of aromatic nitrogens is 2. The van der Waals surface area contributed by atoms with E-state index in [0.717, 1.165) is 16.7 Å². The Kier molecular flexibility index (Phi) is 4.83. The number of hydrogen-bond acceptors (Lipinski definition) is 5. The Labute approximate surface area is 201 Å². The number of fused-ring (bicyclic) bond motifs is 2. The highest BCUT2D eigenvalue weighted by Crippen LogP contribution is 2.47. The molecule has 0 spiro atoms. The third-order valence-electron chi connectivity index (χ3n) is 6.52. The van der Waals surface area contributed by atoms with Crippen LogP contribution in [0.25, 0.3) is 22.2 Å². The number of rotatable bonds is 4. The summed E-state index contributed by atoms with van der Waals surface area (Å²) in [6.07, 6.45) is 3.06. The van der Waals surface area contributed by atoms with Crippen LogP contribution in [0.2, 0.25) is 0 Å². The van der Waals surface area contributed by atoms with E-state index >= 15 is 0 Å². The second-order valence-electron chi connectivity index (χ2n) is 8.60. The molecule has 4 aromatic carbocycles. The van der Waals surface area contributed by atoms with Crippen molar-refractivity contribution < 1.29 is 15.0 Å². The summed E-state index contributed by atoms with van der Waals surface area (Å²) >= 11 is 0. The molecule has 1 amide bonds. The van der Waals surface area contributed by atoms with Crippen LogP contribution in [-0.2, 0) is 16.9 Å². The van der Waals surface area contributed by atoms with Gasteiger partial charge in [0.25, 0.3) is 5.91 Å². The van der Waals surface area contributed by atoms with E-state index in [2.05, 4.69) is 22.1 Å². The standard InChI is InChI=1S/C29H21N3O3/c33-27-17-25-24(30-14-15-31-25)16-23(27)29(35)22-8-4-5-9-26(22)32(28(29)34)18-19-10-12-21(13-11-19)20-6-2-1-3-7-20/h1-17,33,35H,18H2. The van der Waals surface area contributed by atoms with E-state index in [-0.39, 0.29) is 17.9 Å². The number of aliphatic hydroxyl groups is 1. The molecule has 1 atom stereocenters. The van der Waals surface area contributed by atoms with Crippen molar-refractivity contribution in [2.75, 3.05) is 4.90 Å². The average molecular weight is 460 g/mol. The first-order valence-electron chi connectivity index (χ1n) is 11.3. The summed E-state index contributed by atoms with van der Waals surface area (Å²) in [5, 5.41) is 22.7. The van der Waals surface area contributed by atoms with E-state index in [4.69, 9.17) is 0 Å². The monoisotopic (exact) mass is 459 g/mol. The SMILES string of the molecule is O=C1N(Cc2ccc(-c3ccccc3)cc2)c2ccccc2C1(O)c1cc2nccnc2cc1O. The molecule has 1 unspecified atom stereocenters. The van der Waals surface area contributed by atoms with Crippen LogP contribution < -0.4 is 4.90 Å². The van der Waals surface area contributed by atoms with Gasteiger partial charge in [-0.2, -0.15) is 0 Å². The Morgan fingerprint density at radius 1 is 0.743 bits per heavy atom. The number of anilines is 1. The van der Waals surface area contributed by atoms with Crippen molar-refractivity contribution in [3.63, 3.8) is 0 Å². The van der Waals surface area contributed by atoms with Crippen molar-refractivity contribution in [3.05, 3.63) is 120 Å². The zero-order chi connectivity index (χ0) is 24.0. The maximum absolute atomic E-state index is 13.8. The van der Waals surface area contributed by atoms with Gasteiger partial charge >= 0.3 is 0 Å². The Morgan fingerprint density at radius 2 is 1.37 bits per heavy atom. The summed E-state index contributed by atoms with van der Waals surface area (Å²) in [5.41, 5.74) is 3.15. The highest BCUT2D eigenvalue weighted by molar-refractivity contribution is 6.09. The minimum absolute atomic E-state index is 0.0878. The Bertz CT molecular complexity index is 1570. The van der Waals surface area contributed by atoms with Gasteiger partial charge in [0.1, 0.15) is 5.75 Å². The number of carbonyl (C=O) groups is 1. The molecule has 6 heteroatoms. The number of carbonyl (C=O) groups excluding carboxylic acids is 1. The Balaban J connectivity index is 1.40. The number of phenols is 1. The fraction of sp³-hybridized carbons (Fsp3) is 0.0690. The predicted molar refractivity (Wildman–Crippen MR) is 134 cm³/mol. The minimum Gasteiger partial charge on any atom is -0.507 e. The number of amides is 1. The molecular formula is C29H21N3O3. The van der Waals surface area contributed by atoms with E-state index in [1.54, 1.807) is 23.1 Å². The van der Waals surface area contributed by atoms with Gasteiger partial charge in [-0.05, 0) is 28.8 Å². The zero-order valence-electron chi connectivity index (χ0n) is 18.7. The smallest absolute Gasteiger partial charge is 0.268 e. The summed E-state index contributed by atoms with van der Waals surface area (Å²) in [5.74, 6) is -0.734. The maximum atomic E-state index is 13.8. The number of hydrogen-bond donors (Lipinski definition) is 2. The van der Waals surface area contributed by atoms with Crippen LogP contribution in [0.5, 0.6) is 5.75 Å². The van der Waals surface area contributed by atoms with E-state index in [1.807, 2.05) is 48.5 Å². The van der Waals surface area contributed by atoms with E-state index in [1.165, 1.54) is 24.5 Å². The lowest BCUT2D eigenvalue weighted by Crippen LogP contribution is -2.41. The topological polar surface area (TPSA) is 86.6 Å². The molecule has 0 saturated carbocycles. The number of nitrogens with zero attached hydrogens (tertiary/aromatic N) is 3. The second-order valence-corrected chi connectivity index (χ2v) is 8.60. The molecule has 6 rings (SSSR count). The molecule has 170 valence electrons. The van der Waals surface area contributed by atoms with E-state index < -0.39 is 11.5 Å². The van der Waals surface area contributed by atoms with Gasteiger partial charge < -0.3 is 15.1 Å². The number of para-hydroxylation sites is 1. The van der Waals surface area contributed by atoms with Gasteiger partial charge in [0.05, 0.1) is 23.3 Å². The molecule has 1 aliphatic rings. The third-order valence-corrected chi connectivity index (χ3v) is 6.52. The molecule has 0 aliphatic carbocycles. The van der Waals surface area contributed by atoms with Crippen LogP contribution in [0.1, 0.15) is 16.7 Å². The molecule has 5 aromatic rings. The van der Waals surface area contributed by atoms with Gasteiger partial charge in [-0.3, -0.25) is 14.8 Å². The molecule has 0 saturated heterocycles. The fourth-order valence-corrected chi connectivity index (χ4v) is 4.76. The van der Waals surface area contributed by atoms with Crippen molar-refractivity contribution in [3.8, 4) is 16.9 Å². The van der Waals surface area contributed by atoms with E-state index in [0.29, 0.717) is 22.3 Å². The fourth-order valence-electron chi connectivity index (χ4n) is 4.76. The number of aromatic hydroxyl groups is 1. The van der Waals surface area contributed by atoms with Gasteiger partial charge in [0.2, 0.25) is 0 Å². The summed E-state index contributed by atoms with van der Waals surface area (Å²) in [7, 11) is 0. The predicted octanol–water partition coefficient (Wildman–Crippen LogP) is 4.79. The average Bonchev–Trinajstić information content (AvgIpc) is 3.12. The number of phenolic OH excluding ortho intramolecular Hbond substituents is 1. The van der Waals surface area contributed by atoms with Crippen molar-refractivity contribution in [1.29, 1.82) is 0 Å². The van der Waals surface area contributed by atoms with Crippen LogP contribution >= 0.6 is 0 Å². The molecular weight excluding hydrogens is 438 g/mol. The maximum Gasteiger partial charge on any atom is 0.268 e. The van der Waals surface area contributed by atoms with Crippen LogP contribution in [0, 0.1) is 0 Å². The highest BCUT2D eigenvalue weighted by Gasteiger charge is 2.52. The lowest BCUT2D eigenvalue weighted by Gasteiger charge is -2.25. The summed E-state index contributed by atoms with van der Waals surface area (Å²) in [4.78, 5) is 23.8. The van der Waals surface area contributed by atoms with Crippen LogP contribution in [-0.4, -0.2) is 26.1 Å². The third kappa shape index (κ3) is 3.34. The van der Waals surface area contributed by atoms with Crippen LogP contribution in [0.15, 0.2) is 103 Å². The molecule has 2 heterocycles. The lowest BCUT2D eigenvalue weighted by atomic mass is 9.86. The highest BCUT2D eigenvalue weighted by atomic mass is 16.3. The lowest BCUT2D eigenvalue weighted by molar-refractivity contribution is -0.132. The first kappa shape index (κ1) is 21.0.